The Morgan fingerprint density at radius 3 is 2.60 bits per heavy atom. The average molecular weight is 214 g/mol. The van der Waals surface area contributed by atoms with Crippen molar-refractivity contribution in [2.24, 2.45) is 11.8 Å². The van der Waals surface area contributed by atoms with Crippen molar-refractivity contribution in [2.75, 3.05) is 7.11 Å². The van der Waals surface area contributed by atoms with Crippen LogP contribution in [0.25, 0.3) is 0 Å². The molecule has 1 saturated carbocycles. The second-order valence-electron chi connectivity index (χ2n) is 4.96. The van der Waals surface area contributed by atoms with Crippen LogP contribution in [0.15, 0.2) is 0 Å². The molecule has 0 spiro atoms. The molecular weight excluding hydrogens is 192 g/mol. The molecular formula is C12H22O3. The van der Waals surface area contributed by atoms with E-state index in [0.717, 1.165) is 19.3 Å². The van der Waals surface area contributed by atoms with Gasteiger partial charge >= 0.3 is 5.97 Å². The van der Waals surface area contributed by atoms with Gasteiger partial charge in [0.15, 0.2) is 5.60 Å². The summed E-state index contributed by atoms with van der Waals surface area (Å²) in [6.07, 6.45) is 4.03. The summed E-state index contributed by atoms with van der Waals surface area (Å²) in [6.45, 7) is 4.40. The van der Waals surface area contributed by atoms with Gasteiger partial charge in [0, 0.05) is 0 Å². The standard InChI is InChI=1S/C12H22O3/c1-9(2)10-5-4-7-12(14,8-6-10)11(13)15-3/h9-10,14H,4-8H2,1-3H3. The molecule has 3 heteroatoms. The molecule has 2 unspecified atom stereocenters. The van der Waals surface area contributed by atoms with E-state index >= 15 is 0 Å². The third kappa shape index (κ3) is 2.94. The minimum atomic E-state index is -1.22. The van der Waals surface area contributed by atoms with Gasteiger partial charge in [-0.15, -0.1) is 0 Å². The summed E-state index contributed by atoms with van der Waals surface area (Å²) in [5.41, 5.74) is -1.22. The van der Waals surface area contributed by atoms with E-state index in [1.165, 1.54) is 7.11 Å². The Labute approximate surface area is 91.8 Å². The average Bonchev–Trinajstić information content (AvgIpc) is 2.40. The van der Waals surface area contributed by atoms with E-state index in [2.05, 4.69) is 18.6 Å². The first-order valence-corrected chi connectivity index (χ1v) is 5.80. The van der Waals surface area contributed by atoms with E-state index in [-0.39, 0.29) is 0 Å². The number of carbonyl (C=O) groups is 1. The quantitative estimate of drug-likeness (QED) is 0.566. The summed E-state index contributed by atoms with van der Waals surface area (Å²) in [5, 5.41) is 10.1. The van der Waals surface area contributed by atoms with Crippen LogP contribution in [0.3, 0.4) is 0 Å². The highest BCUT2D eigenvalue weighted by Gasteiger charge is 2.39. The lowest BCUT2D eigenvalue weighted by molar-refractivity contribution is -0.163. The Kier molecular flexibility index (Phi) is 4.14. The molecule has 1 fully saturated rings. The minimum Gasteiger partial charge on any atom is -0.467 e. The fraction of sp³-hybridized carbons (Fsp3) is 0.917. The molecule has 3 nitrogen and oxygen atoms in total. The van der Waals surface area contributed by atoms with Gasteiger partial charge in [-0.2, -0.15) is 0 Å². The van der Waals surface area contributed by atoms with Crippen molar-refractivity contribution in [3.8, 4) is 0 Å². The maximum absolute atomic E-state index is 11.4. The topological polar surface area (TPSA) is 46.5 Å². The highest BCUT2D eigenvalue weighted by molar-refractivity contribution is 5.79. The van der Waals surface area contributed by atoms with E-state index in [1.54, 1.807) is 0 Å². The predicted molar refractivity (Wildman–Crippen MR) is 58.4 cm³/mol. The molecule has 0 aromatic rings. The largest absolute Gasteiger partial charge is 0.467 e. The monoisotopic (exact) mass is 214 g/mol. The lowest BCUT2D eigenvalue weighted by atomic mass is 9.88. The Hall–Kier alpha value is -0.570. The molecule has 0 radical (unpaired) electrons. The van der Waals surface area contributed by atoms with Crippen LogP contribution in [0.5, 0.6) is 0 Å². The normalized spacial score (nSPS) is 32.5. The summed E-state index contributed by atoms with van der Waals surface area (Å²) in [4.78, 5) is 11.4. The fourth-order valence-electron chi connectivity index (χ4n) is 2.41. The van der Waals surface area contributed by atoms with Gasteiger partial charge < -0.3 is 9.84 Å². The maximum Gasteiger partial charge on any atom is 0.337 e. The SMILES string of the molecule is COC(=O)C1(O)CCCC(C(C)C)CC1. The Morgan fingerprint density at radius 2 is 2.07 bits per heavy atom. The van der Waals surface area contributed by atoms with Gasteiger partial charge in [-0.1, -0.05) is 20.3 Å². The van der Waals surface area contributed by atoms with E-state index in [0.29, 0.717) is 24.7 Å². The zero-order valence-corrected chi connectivity index (χ0v) is 9.95. The van der Waals surface area contributed by atoms with Crippen molar-refractivity contribution in [2.45, 2.75) is 51.6 Å². The number of methoxy groups -OCH3 is 1. The van der Waals surface area contributed by atoms with E-state index in [9.17, 15) is 9.90 Å². The second kappa shape index (κ2) is 4.97. The summed E-state index contributed by atoms with van der Waals surface area (Å²) in [6, 6.07) is 0. The van der Waals surface area contributed by atoms with Crippen molar-refractivity contribution in [3.05, 3.63) is 0 Å². The number of esters is 1. The number of carbonyl (C=O) groups excluding carboxylic acids is 1. The zero-order chi connectivity index (χ0) is 11.5. The molecule has 0 bridgehead atoms. The molecule has 1 aliphatic carbocycles. The number of rotatable bonds is 2. The smallest absolute Gasteiger partial charge is 0.337 e. The highest BCUT2D eigenvalue weighted by Crippen LogP contribution is 2.34. The zero-order valence-electron chi connectivity index (χ0n) is 9.95. The van der Waals surface area contributed by atoms with Gasteiger partial charge in [0.2, 0.25) is 0 Å². The lowest BCUT2D eigenvalue weighted by Crippen LogP contribution is -2.39. The molecule has 88 valence electrons. The molecule has 1 aliphatic rings. The Balaban J connectivity index is 2.62. The van der Waals surface area contributed by atoms with Crippen molar-refractivity contribution in [1.29, 1.82) is 0 Å². The molecule has 1 rings (SSSR count). The van der Waals surface area contributed by atoms with Crippen LogP contribution in [0.4, 0.5) is 0 Å². The number of hydrogen-bond donors (Lipinski definition) is 1. The molecule has 0 heterocycles. The number of ether oxygens (including phenoxy) is 1. The molecule has 0 amide bonds. The van der Waals surface area contributed by atoms with E-state index < -0.39 is 11.6 Å². The van der Waals surface area contributed by atoms with Crippen LogP contribution in [0.2, 0.25) is 0 Å². The first-order valence-electron chi connectivity index (χ1n) is 5.80. The third-order valence-electron chi connectivity index (χ3n) is 3.60. The van der Waals surface area contributed by atoms with Gasteiger partial charge in [0.1, 0.15) is 0 Å². The lowest BCUT2D eigenvalue weighted by Gasteiger charge is -2.23. The molecule has 1 N–H and O–H groups in total. The molecule has 15 heavy (non-hydrogen) atoms. The van der Waals surface area contributed by atoms with Crippen LogP contribution in [-0.4, -0.2) is 23.8 Å². The van der Waals surface area contributed by atoms with Gasteiger partial charge in [-0.3, -0.25) is 0 Å². The van der Waals surface area contributed by atoms with Gasteiger partial charge in [0.05, 0.1) is 7.11 Å². The maximum atomic E-state index is 11.4. The first-order chi connectivity index (χ1) is 6.99. The molecule has 2 atom stereocenters. The van der Waals surface area contributed by atoms with E-state index in [1.807, 2.05) is 0 Å². The van der Waals surface area contributed by atoms with Crippen LogP contribution in [-0.2, 0) is 9.53 Å². The fourth-order valence-corrected chi connectivity index (χ4v) is 2.41. The Bertz CT molecular complexity index is 225. The van der Waals surface area contributed by atoms with Crippen molar-refractivity contribution < 1.29 is 14.6 Å². The predicted octanol–water partition coefficient (Wildman–Crippen LogP) is 2.13. The molecule has 0 saturated heterocycles. The summed E-state index contributed by atoms with van der Waals surface area (Å²) < 4.78 is 4.66. The van der Waals surface area contributed by atoms with Crippen molar-refractivity contribution >= 4 is 5.97 Å². The van der Waals surface area contributed by atoms with Crippen molar-refractivity contribution in [3.63, 3.8) is 0 Å². The molecule has 0 aromatic carbocycles. The van der Waals surface area contributed by atoms with Gasteiger partial charge in [-0.05, 0) is 37.5 Å². The second-order valence-corrected chi connectivity index (χ2v) is 4.96. The molecule has 0 aliphatic heterocycles. The summed E-state index contributed by atoms with van der Waals surface area (Å²) in [5.74, 6) is 0.792. The van der Waals surface area contributed by atoms with Crippen LogP contribution in [0.1, 0.15) is 46.0 Å². The number of aliphatic hydroxyl groups is 1. The number of hydrogen-bond acceptors (Lipinski definition) is 3. The molecule has 0 aromatic heterocycles. The van der Waals surface area contributed by atoms with Crippen LogP contribution in [0, 0.1) is 11.8 Å². The van der Waals surface area contributed by atoms with Crippen LogP contribution >= 0.6 is 0 Å². The van der Waals surface area contributed by atoms with E-state index in [4.69, 9.17) is 0 Å². The van der Waals surface area contributed by atoms with Crippen molar-refractivity contribution in [1.82, 2.24) is 0 Å². The van der Waals surface area contributed by atoms with Gasteiger partial charge in [0.25, 0.3) is 0 Å². The third-order valence-corrected chi connectivity index (χ3v) is 3.60. The Morgan fingerprint density at radius 1 is 1.40 bits per heavy atom. The van der Waals surface area contributed by atoms with Crippen LogP contribution < -0.4 is 0 Å². The summed E-state index contributed by atoms with van der Waals surface area (Å²) >= 11 is 0. The minimum absolute atomic E-state index is 0.466. The van der Waals surface area contributed by atoms with Gasteiger partial charge in [-0.25, -0.2) is 4.79 Å². The summed E-state index contributed by atoms with van der Waals surface area (Å²) in [7, 11) is 1.34. The first kappa shape index (κ1) is 12.5. The highest BCUT2D eigenvalue weighted by atomic mass is 16.5.